The van der Waals surface area contributed by atoms with E-state index >= 15 is 0 Å². The van der Waals surface area contributed by atoms with Gasteiger partial charge in [0.2, 0.25) is 5.95 Å². The average Bonchev–Trinajstić information content (AvgIpc) is 3.10. The summed E-state index contributed by atoms with van der Waals surface area (Å²) >= 11 is 0. The van der Waals surface area contributed by atoms with Crippen LogP contribution in [-0.2, 0) is 0 Å². The SMILES string of the molecule is CCCCCCCC(CCCCCCC)n1cnc2c(N)nc(N(C)C)nc21. The highest BCUT2D eigenvalue weighted by Crippen LogP contribution is 2.28. The number of imidazole rings is 1. The monoisotopic (exact) mass is 388 g/mol. The molecule has 6 nitrogen and oxygen atoms in total. The largest absolute Gasteiger partial charge is 0.382 e. The van der Waals surface area contributed by atoms with Crippen molar-refractivity contribution in [2.75, 3.05) is 24.7 Å². The van der Waals surface area contributed by atoms with E-state index in [1.165, 1.54) is 77.0 Å². The van der Waals surface area contributed by atoms with Gasteiger partial charge >= 0.3 is 0 Å². The first kappa shape index (κ1) is 22.4. The molecular formula is C22H40N6. The summed E-state index contributed by atoms with van der Waals surface area (Å²) in [5.74, 6) is 1.12. The Bertz CT molecular complexity index is 680. The van der Waals surface area contributed by atoms with E-state index in [4.69, 9.17) is 10.7 Å². The van der Waals surface area contributed by atoms with Crippen LogP contribution in [0, 0.1) is 0 Å². The molecule has 2 aromatic rings. The predicted molar refractivity (Wildman–Crippen MR) is 120 cm³/mol. The number of aromatic nitrogens is 4. The second-order valence-corrected chi connectivity index (χ2v) is 8.19. The second-order valence-electron chi connectivity index (χ2n) is 8.19. The number of nitrogens with two attached hydrogens (primary N) is 1. The van der Waals surface area contributed by atoms with Gasteiger partial charge in [-0.1, -0.05) is 78.1 Å². The zero-order chi connectivity index (χ0) is 20.4. The van der Waals surface area contributed by atoms with Gasteiger partial charge in [-0.2, -0.15) is 9.97 Å². The summed E-state index contributed by atoms with van der Waals surface area (Å²) < 4.78 is 2.26. The van der Waals surface area contributed by atoms with Crippen LogP contribution in [-0.4, -0.2) is 33.6 Å². The molecule has 0 aliphatic carbocycles. The number of nitrogen functional groups attached to an aromatic ring is 1. The third kappa shape index (κ3) is 6.35. The molecule has 2 N–H and O–H groups in total. The lowest BCUT2D eigenvalue weighted by Gasteiger charge is -2.20. The maximum Gasteiger partial charge on any atom is 0.228 e. The van der Waals surface area contributed by atoms with Crippen molar-refractivity contribution in [2.24, 2.45) is 0 Å². The van der Waals surface area contributed by atoms with Gasteiger partial charge in [0.15, 0.2) is 11.5 Å². The van der Waals surface area contributed by atoms with Crippen LogP contribution in [0.25, 0.3) is 11.2 Å². The van der Waals surface area contributed by atoms with Crippen LogP contribution in [0.15, 0.2) is 6.33 Å². The standard InChI is InChI=1S/C22H40N6/c1-5-7-9-11-13-15-18(16-14-12-10-8-6-2)28-17-24-19-20(23)25-22(27(3)4)26-21(19)28/h17-18H,5-16H2,1-4H3,(H2,23,25,26). The third-order valence-electron chi connectivity index (χ3n) is 5.51. The number of unbranched alkanes of at least 4 members (excludes halogenated alkanes) is 8. The van der Waals surface area contributed by atoms with E-state index in [9.17, 15) is 0 Å². The first-order valence-electron chi connectivity index (χ1n) is 11.3. The lowest BCUT2D eigenvalue weighted by Crippen LogP contribution is -2.15. The maximum atomic E-state index is 6.16. The second kappa shape index (κ2) is 11.9. The third-order valence-corrected chi connectivity index (χ3v) is 5.51. The Morgan fingerprint density at radius 2 is 1.46 bits per heavy atom. The molecule has 0 fully saturated rings. The topological polar surface area (TPSA) is 72.9 Å². The number of nitrogens with zero attached hydrogens (tertiary/aromatic N) is 5. The fourth-order valence-corrected chi connectivity index (χ4v) is 3.78. The molecule has 0 aromatic carbocycles. The summed E-state index contributed by atoms with van der Waals surface area (Å²) in [5.41, 5.74) is 7.77. The zero-order valence-electron chi connectivity index (χ0n) is 18.5. The number of rotatable bonds is 14. The van der Waals surface area contributed by atoms with E-state index in [1.54, 1.807) is 0 Å². The van der Waals surface area contributed by atoms with Crippen molar-refractivity contribution in [1.29, 1.82) is 0 Å². The molecule has 0 amide bonds. The first-order valence-corrected chi connectivity index (χ1v) is 11.3. The molecule has 0 unspecified atom stereocenters. The van der Waals surface area contributed by atoms with E-state index in [0.29, 0.717) is 17.8 Å². The fourth-order valence-electron chi connectivity index (χ4n) is 3.78. The van der Waals surface area contributed by atoms with E-state index in [1.807, 2.05) is 25.3 Å². The van der Waals surface area contributed by atoms with Crippen LogP contribution in [0.2, 0.25) is 0 Å². The summed E-state index contributed by atoms with van der Waals surface area (Å²) in [6.45, 7) is 4.53. The van der Waals surface area contributed by atoms with Crippen molar-refractivity contribution in [2.45, 2.75) is 96.9 Å². The Kier molecular flexibility index (Phi) is 9.51. The highest BCUT2D eigenvalue weighted by molar-refractivity contribution is 5.83. The first-order chi connectivity index (χ1) is 13.6. The Labute approximate surface area is 170 Å². The Morgan fingerprint density at radius 3 is 2.00 bits per heavy atom. The van der Waals surface area contributed by atoms with E-state index in [0.717, 1.165) is 11.2 Å². The molecular weight excluding hydrogens is 348 g/mol. The average molecular weight is 389 g/mol. The molecule has 0 atom stereocenters. The van der Waals surface area contributed by atoms with Gasteiger partial charge in [-0.3, -0.25) is 0 Å². The fraction of sp³-hybridized carbons (Fsp3) is 0.773. The molecule has 28 heavy (non-hydrogen) atoms. The van der Waals surface area contributed by atoms with Gasteiger partial charge in [0.1, 0.15) is 5.52 Å². The van der Waals surface area contributed by atoms with Gasteiger partial charge in [0.25, 0.3) is 0 Å². The molecule has 0 aliphatic rings. The number of fused-ring (bicyclic) bond motifs is 1. The quantitative estimate of drug-likeness (QED) is 0.418. The minimum absolute atomic E-state index is 0.442. The molecule has 0 spiro atoms. The van der Waals surface area contributed by atoms with Crippen molar-refractivity contribution >= 4 is 22.9 Å². The molecule has 0 aliphatic heterocycles. The van der Waals surface area contributed by atoms with Gasteiger partial charge in [-0.05, 0) is 12.8 Å². The Hall–Kier alpha value is -1.85. The molecule has 158 valence electrons. The van der Waals surface area contributed by atoms with Gasteiger partial charge in [0.05, 0.1) is 6.33 Å². The molecule has 0 saturated carbocycles. The Morgan fingerprint density at radius 1 is 0.893 bits per heavy atom. The van der Waals surface area contributed by atoms with Crippen LogP contribution in [0.4, 0.5) is 11.8 Å². The van der Waals surface area contributed by atoms with E-state index < -0.39 is 0 Å². The van der Waals surface area contributed by atoms with Gasteiger partial charge in [0, 0.05) is 20.1 Å². The molecule has 2 aromatic heterocycles. The summed E-state index contributed by atoms with van der Waals surface area (Å²) in [6.07, 6.45) is 17.4. The van der Waals surface area contributed by atoms with Crippen LogP contribution >= 0.6 is 0 Å². The van der Waals surface area contributed by atoms with E-state index in [-0.39, 0.29) is 0 Å². The molecule has 6 heteroatoms. The van der Waals surface area contributed by atoms with Crippen molar-refractivity contribution < 1.29 is 0 Å². The number of anilines is 2. The summed E-state index contributed by atoms with van der Waals surface area (Å²) in [7, 11) is 3.89. The molecule has 0 bridgehead atoms. The van der Waals surface area contributed by atoms with Crippen molar-refractivity contribution in [3.05, 3.63) is 6.33 Å². The van der Waals surface area contributed by atoms with Gasteiger partial charge in [-0.15, -0.1) is 0 Å². The van der Waals surface area contributed by atoms with Crippen molar-refractivity contribution in [3.8, 4) is 0 Å². The predicted octanol–water partition coefficient (Wildman–Crippen LogP) is 5.74. The molecule has 2 rings (SSSR count). The molecule has 0 radical (unpaired) electrons. The molecule has 2 heterocycles. The van der Waals surface area contributed by atoms with Gasteiger partial charge < -0.3 is 15.2 Å². The Balaban J connectivity index is 2.15. The van der Waals surface area contributed by atoms with Crippen LogP contribution < -0.4 is 10.6 Å². The summed E-state index contributed by atoms with van der Waals surface area (Å²) in [4.78, 5) is 15.6. The lowest BCUT2D eigenvalue weighted by molar-refractivity contribution is 0.400. The van der Waals surface area contributed by atoms with Crippen molar-refractivity contribution in [3.63, 3.8) is 0 Å². The minimum Gasteiger partial charge on any atom is -0.382 e. The van der Waals surface area contributed by atoms with Crippen LogP contribution in [0.3, 0.4) is 0 Å². The highest BCUT2D eigenvalue weighted by atomic mass is 15.3. The zero-order valence-corrected chi connectivity index (χ0v) is 18.5. The normalized spacial score (nSPS) is 11.6. The lowest BCUT2D eigenvalue weighted by atomic mass is 10.00. The smallest absolute Gasteiger partial charge is 0.228 e. The minimum atomic E-state index is 0.442. The maximum absolute atomic E-state index is 6.16. The van der Waals surface area contributed by atoms with E-state index in [2.05, 4.69) is 28.4 Å². The number of hydrogen-bond acceptors (Lipinski definition) is 5. The van der Waals surface area contributed by atoms with Gasteiger partial charge in [-0.25, -0.2) is 4.98 Å². The van der Waals surface area contributed by atoms with Crippen LogP contribution in [0.1, 0.15) is 96.9 Å². The summed E-state index contributed by atoms with van der Waals surface area (Å²) in [5, 5.41) is 0. The highest BCUT2D eigenvalue weighted by Gasteiger charge is 2.18. The number of hydrogen-bond donors (Lipinski definition) is 1. The molecule has 0 saturated heterocycles. The van der Waals surface area contributed by atoms with Crippen LogP contribution in [0.5, 0.6) is 0 Å². The summed E-state index contributed by atoms with van der Waals surface area (Å²) in [6, 6.07) is 0.442. The van der Waals surface area contributed by atoms with Crippen molar-refractivity contribution in [1.82, 2.24) is 19.5 Å².